The standard InChI is InChI=1S/C40H26N2/c1-3-11-27(12-4-1)28-19-22-31(23-20-28)42-37-26-21-29-13-7-8-16-32(29)38(37)35-25-24-34-33-17-9-10-18-36(33)41(39(34)40(35)42)30-14-5-2-6-15-30/h1-26H/i2D,5D,6D,14D,15D. The Bertz CT molecular complexity index is 2700. The van der Waals surface area contributed by atoms with Crippen LogP contribution in [0.3, 0.4) is 0 Å². The van der Waals surface area contributed by atoms with Crippen LogP contribution in [0, 0.1) is 0 Å². The van der Waals surface area contributed by atoms with Gasteiger partial charge < -0.3 is 9.13 Å². The van der Waals surface area contributed by atoms with Crippen molar-refractivity contribution in [1.82, 2.24) is 9.13 Å². The van der Waals surface area contributed by atoms with Crippen molar-refractivity contribution >= 4 is 54.4 Å². The van der Waals surface area contributed by atoms with E-state index in [1.54, 1.807) is 0 Å². The maximum Gasteiger partial charge on any atom is 0.0789 e. The minimum Gasteiger partial charge on any atom is -0.307 e. The normalized spacial score (nSPS) is 13.5. The van der Waals surface area contributed by atoms with Gasteiger partial charge in [-0.2, -0.15) is 0 Å². The highest BCUT2D eigenvalue weighted by Crippen LogP contribution is 2.43. The van der Waals surface area contributed by atoms with Gasteiger partial charge in [0.1, 0.15) is 0 Å². The number of para-hydroxylation sites is 2. The summed E-state index contributed by atoms with van der Waals surface area (Å²) < 4.78 is 47.5. The van der Waals surface area contributed by atoms with Gasteiger partial charge in [0, 0.05) is 32.9 Å². The summed E-state index contributed by atoms with van der Waals surface area (Å²) in [6, 6.07) is 42.1. The number of rotatable bonds is 3. The smallest absolute Gasteiger partial charge is 0.0789 e. The van der Waals surface area contributed by atoms with Gasteiger partial charge in [0.15, 0.2) is 0 Å². The maximum atomic E-state index is 9.01. The third kappa shape index (κ3) is 3.27. The van der Waals surface area contributed by atoms with E-state index >= 15 is 0 Å². The van der Waals surface area contributed by atoms with Gasteiger partial charge in [-0.15, -0.1) is 0 Å². The summed E-state index contributed by atoms with van der Waals surface area (Å²) >= 11 is 0. The summed E-state index contributed by atoms with van der Waals surface area (Å²) in [6.07, 6.45) is 0. The van der Waals surface area contributed by atoms with E-state index in [1.165, 1.54) is 0 Å². The average Bonchev–Trinajstić information content (AvgIpc) is 3.64. The van der Waals surface area contributed by atoms with Crippen LogP contribution in [0.1, 0.15) is 6.85 Å². The highest BCUT2D eigenvalue weighted by Gasteiger charge is 2.22. The lowest BCUT2D eigenvalue weighted by Crippen LogP contribution is -1.98. The first kappa shape index (κ1) is 18.7. The molecule has 2 heteroatoms. The Labute approximate surface area is 250 Å². The number of aromatic nitrogens is 2. The molecule has 196 valence electrons. The molecule has 0 N–H and O–H groups in total. The minimum atomic E-state index is -0.409. The molecule has 0 saturated heterocycles. The Kier molecular flexibility index (Phi) is 3.98. The van der Waals surface area contributed by atoms with Gasteiger partial charge in [0.2, 0.25) is 0 Å². The summed E-state index contributed by atoms with van der Waals surface area (Å²) in [4.78, 5) is 0. The van der Waals surface area contributed by atoms with Crippen LogP contribution in [-0.4, -0.2) is 9.13 Å². The van der Waals surface area contributed by atoms with E-state index in [0.717, 1.165) is 71.2 Å². The third-order valence-electron chi connectivity index (χ3n) is 8.39. The quantitative estimate of drug-likeness (QED) is 0.211. The van der Waals surface area contributed by atoms with Crippen LogP contribution in [0.15, 0.2) is 158 Å². The molecule has 0 atom stereocenters. The molecule has 2 nitrogen and oxygen atoms in total. The van der Waals surface area contributed by atoms with E-state index in [-0.39, 0.29) is 29.9 Å². The van der Waals surface area contributed by atoms with Crippen LogP contribution in [-0.2, 0) is 0 Å². The number of benzene rings is 7. The molecule has 0 saturated carbocycles. The molecule has 0 bridgehead atoms. The van der Waals surface area contributed by atoms with E-state index in [9.17, 15) is 0 Å². The van der Waals surface area contributed by atoms with Crippen molar-refractivity contribution < 1.29 is 6.85 Å². The Morgan fingerprint density at radius 1 is 0.405 bits per heavy atom. The van der Waals surface area contributed by atoms with Gasteiger partial charge in [0.25, 0.3) is 0 Å². The molecular weight excluding hydrogens is 508 g/mol. The SMILES string of the molecule is [2H]c1c([2H])c([2H])c(-n2c3ccccc3c3ccc4c5c6ccccc6ccc5n(-c5ccc(-c6ccccc6)cc5)c4c32)c([2H])c1[2H]. The van der Waals surface area contributed by atoms with Gasteiger partial charge in [-0.25, -0.2) is 0 Å². The van der Waals surface area contributed by atoms with Gasteiger partial charge in [-0.1, -0.05) is 121 Å². The molecule has 0 aliphatic carbocycles. The average molecular weight is 540 g/mol. The number of hydrogen-bond donors (Lipinski definition) is 0. The van der Waals surface area contributed by atoms with Gasteiger partial charge in [0.05, 0.1) is 28.9 Å². The van der Waals surface area contributed by atoms with Gasteiger partial charge >= 0.3 is 0 Å². The summed E-state index contributed by atoms with van der Waals surface area (Å²) in [5, 5.41) is 6.26. The molecule has 2 aromatic heterocycles. The minimum absolute atomic E-state index is 0.135. The summed E-state index contributed by atoms with van der Waals surface area (Å²) in [7, 11) is 0. The monoisotopic (exact) mass is 539 g/mol. The summed E-state index contributed by atoms with van der Waals surface area (Å²) in [5.41, 5.74) is 6.83. The topological polar surface area (TPSA) is 9.86 Å². The number of nitrogens with zero attached hydrogens (tertiary/aromatic N) is 2. The van der Waals surface area contributed by atoms with Crippen molar-refractivity contribution in [2.75, 3.05) is 0 Å². The van der Waals surface area contributed by atoms with Crippen LogP contribution >= 0.6 is 0 Å². The molecule has 0 amide bonds. The van der Waals surface area contributed by atoms with E-state index in [0.29, 0.717) is 0 Å². The molecule has 0 unspecified atom stereocenters. The second-order valence-corrected chi connectivity index (χ2v) is 10.6. The first-order valence-electron chi connectivity index (χ1n) is 16.5. The zero-order valence-corrected chi connectivity index (χ0v) is 22.5. The number of fused-ring (bicyclic) bond motifs is 9. The van der Waals surface area contributed by atoms with Gasteiger partial charge in [-0.3, -0.25) is 0 Å². The highest BCUT2D eigenvalue weighted by molar-refractivity contribution is 6.28. The van der Waals surface area contributed by atoms with Crippen molar-refractivity contribution in [2.45, 2.75) is 0 Å². The van der Waals surface area contributed by atoms with Crippen molar-refractivity contribution in [3.8, 4) is 22.5 Å². The molecule has 2 heterocycles. The van der Waals surface area contributed by atoms with Gasteiger partial charge in [-0.05, 0) is 58.2 Å². The fourth-order valence-corrected chi connectivity index (χ4v) is 6.61. The van der Waals surface area contributed by atoms with Crippen LogP contribution in [0.2, 0.25) is 0 Å². The van der Waals surface area contributed by atoms with Crippen molar-refractivity contribution in [3.63, 3.8) is 0 Å². The fraction of sp³-hybridized carbons (Fsp3) is 0. The molecule has 42 heavy (non-hydrogen) atoms. The van der Waals surface area contributed by atoms with Crippen LogP contribution in [0.4, 0.5) is 0 Å². The first-order valence-corrected chi connectivity index (χ1v) is 14.0. The van der Waals surface area contributed by atoms with E-state index in [4.69, 9.17) is 6.85 Å². The maximum absolute atomic E-state index is 9.01. The Morgan fingerprint density at radius 2 is 1.05 bits per heavy atom. The van der Waals surface area contributed by atoms with E-state index in [2.05, 4.69) is 83.4 Å². The highest BCUT2D eigenvalue weighted by atomic mass is 15.0. The molecule has 0 radical (unpaired) electrons. The molecule has 0 fully saturated rings. The molecule has 0 spiro atoms. The number of hydrogen-bond acceptors (Lipinski definition) is 0. The van der Waals surface area contributed by atoms with Crippen molar-refractivity contribution in [2.24, 2.45) is 0 Å². The molecular formula is C40H26N2. The second-order valence-electron chi connectivity index (χ2n) is 10.6. The van der Waals surface area contributed by atoms with Crippen LogP contribution in [0.5, 0.6) is 0 Å². The zero-order chi connectivity index (χ0) is 32.0. The molecule has 0 aliphatic heterocycles. The van der Waals surface area contributed by atoms with Crippen molar-refractivity contribution in [1.29, 1.82) is 0 Å². The fourth-order valence-electron chi connectivity index (χ4n) is 6.61. The third-order valence-corrected chi connectivity index (χ3v) is 8.39. The van der Waals surface area contributed by atoms with E-state index in [1.807, 2.05) is 53.1 Å². The Hall–Kier alpha value is -5.60. The lowest BCUT2D eigenvalue weighted by molar-refractivity contribution is 1.15. The first-order chi connectivity index (χ1) is 22.9. The summed E-state index contributed by atoms with van der Waals surface area (Å²) in [6.45, 7) is 0. The molecule has 0 aliphatic rings. The molecule has 9 aromatic rings. The van der Waals surface area contributed by atoms with E-state index < -0.39 is 6.04 Å². The lowest BCUT2D eigenvalue weighted by Gasteiger charge is -2.13. The predicted molar refractivity (Wildman–Crippen MR) is 178 cm³/mol. The Balaban J connectivity index is 1.51. The zero-order valence-electron chi connectivity index (χ0n) is 27.5. The lowest BCUT2D eigenvalue weighted by atomic mass is 10.0. The summed E-state index contributed by atoms with van der Waals surface area (Å²) in [5.74, 6) is 0. The largest absolute Gasteiger partial charge is 0.307 e. The Morgan fingerprint density at radius 3 is 1.88 bits per heavy atom. The van der Waals surface area contributed by atoms with Crippen molar-refractivity contribution in [3.05, 3.63) is 158 Å². The molecule has 9 rings (SSSR count). The second kappa shape index (κ2) is 8.95. The van der Waals surface area contributed by atoms with Crippen LogP contribution in [0.25, 0.3) is 76.9 Å². The molecule has 7 aromatic carbocycles. The predicted octanol–water partition coefficient (Wildman–Crippen LogP) is 10.7. The van der Waals surface area contributed by atoms with Crippen LogP contribution < -0.4 is 0 Å².